The summed E-state index contributed by atoms with van der Waals surface area (Å²) in [4.78, 5) is 0. The molecule has 0 radical (unpaired) electrons. The van der Waals surface area contributed by atoms with Gasteiger partial charge in [-0.2, -0.15) is 11.8 Å². The second kappa shape index (κ2) is 4.87. The normalized spacial score (nSPS) is 38.8. The van der Waals surface area contributed by atoms with Gasteiger partial charge in [0.2, 0.25) is 0 Å². The molecule has 3 heteroatoms. The highest BCUT2D eigenvalue weighted by atomic mass is 32.2. The zero-order valence-corrected chi connectivity index (χ0v) is 11.4. The van der Waals surface area contributed by atoms with Crippen LogP contribution in [0.2, 0.25) is 0 Å². The van der Waals surface area contributed by atoms with Crippen LogP contribution in [0.3, 0.4) is 0 Å². The fourth-order valence-corrected chi connectivity index (χ4v) is 4.22. The monoisotopic (exact) mass is 243 g/mol. The Morgan fingerprint density at radius 3 is 2.75 bits per heavy atom. The molecule has 1 aliphatic heterocycles. The fourth-order valence-electron chi connectivity index (χ4n) is 2.92. The van der Waals surface area contributed by atoms with Crippen molar-refractivity contribution in [3.63, 3.8) is 0 Å². The van der Waals surface area contributed by atoms with Gasteiger partial charge in [-0.05, 0) is 30.4 Å². The van der Waals surface area contributed by atoms with Crippen molar-refractivity contribution in [1.82, 2.24) is 5.32 Å². The van der Waals surface area contributed by atoms with E-state index < -0.39 is 5.60 Å². The molecule has 1 saturated carbocycles. The van der Waals surface area contributed by atoms with Gasteiger partial charge in [0.1, 0.15) is 0 Å². The van der Waals surface area contributed by atoms with Crippen molar-refractivity contribution in [2.45, 2.75) is 57.6 Å². The molecule has 2 N–H and O–H groups in total. The van der Waals surface area contributed by atoms with Crippen LogP contribution < -0.4 is 5.32 Å². The number of rotatable bonds is 3. The zero-order valence-electron chi connectivity index (χ0n) is 10.6. The van der Waals surface area contributed by atoms with E-state index in [4.69, 9.17) is 0 Å². The highest BCUT2D eigenvalue weighted by molar-refractivity contribution is 7.99. The first-order chi connectivity index (χ1) is 7.52. The predicted octanol–water partition coefficient (Wildman–Crippen LogP) is 2.41. The molecule has 2 aliphatic rings. The van der Waals surface area contributed by atoms with Gasteiger partial charge in [0.05, 0.1) is 5.60 Å². The lowest BCUT2D eigenvalue weighted by Gasteiger charge is -2.40. The van der Waals surface area contributed by atoms with Gasteiger partial charge in [-0.15, -0.1) is 0 Å². The standard InChI is InChI=1S/C13H25NOS/c1-12(2)6-4-3-5-11(12)14-9-13(15)7-8-16-10-13/h11,14-15H,3-10H2,1-2H3. The van der Waals surface area contributed by atoms with Crippen LogP contribution in [0.25, 0.3) is 0 Å². The first-order valence-electron chi connectivity index (χ1n) is 6.55. The second-order valence-electron chi connectivity index (χ2n) is 6.19. The zero-order chi connectivity index (χ0) is 11.6. The van der Waals surface area contributed by atoms with Crippen LogP contribution in [-0.2, 0) is 0 Å². The molecular weight excluding hydrogens is 218 g/mol. The summed E-state index contributed by atoms with van der Waals surface area (Å²) < 4.78 is 0. The quantitative estimate of drug-likeness (QED) is 0.798. The molecule has 2 unspecified atom stereocenters. The van der Waals surface area contributed by atoms with Crippen LogP contribution in [0.1, 0.15) is 46.0 Å². The van der Waals surface area contributed by atoms with Crippen LogP contribution in [0, 0.1) is 5.41 Å². The Morgan fingerprint density at radius 1 is 1.31 bits per heavy atom. The van der Waals surface area contributed by atoms with Crippen LogP contribution in [0.4, 0.5) is 0 Å². The number of nitrogens with one attached hydrogen (secondary N) is 1. The Balaban J connectivity index is 1.84. The summed E-state index contributed by atoms with van der Waals surface area (Å²) >= 11 is 1.88. The van der Waals surface area contributed by atoms with Gasteiger partial charge in [0.25, 0.3) is 0 Å². The van der Waals surface area contributed by atoms with Gasteiger partial charge in [-0.25, -0.2) is 0 Å². The third-order valence-electron chi connectivity index (χ3n) is 4.27. The summed E-state index contributed by atoms with van der Waals surface area (Å²) in [6.45, 7) is 5.50. The predicted molar refractivity (Wildman–Crippen MR) is 70.9 cm³/mol. The van der Waals surface area contributed by atoms with E-state index in [2.05, 4.69) is 19.2 Å². The molecule has 2 fully saturated rings. The summed E-state index contributed by atoms with van der Waals surface area (Å²) in [6.07, 6.45) is 6.26. The Kier molecular flexibility index (Phi) is 3.87. The van der Waals surface area contributed by atoms with Crippen molar-refractivity contribution in [3.8, 4) is 0 Å². The maximum Gasteiger partial charge on any atom is 0.0869 e. The highest BCUT2D eigenvalue weighted by Crippen LogP contribution is 2.36. The van der Waals surface area contributed by atoms with E-state index in [1.807, 2.05) is 11.8 Å². The molecule has 2 atom stereocenters. The van der Waals surface area contributed by atoms with E-state index >= 15 is 0 Å². The highest BCUT2D eigenvalue weighted by Gasteiger charge is 2.36. The minimum Gasteiger partial charge on any atom is -0.388 e. The maximum absolute atomic E-state index is 10.3. The molecule has 0 aromatic heterocycles. The van der Waals surface area contributed by atoms with Crippen LogP contribution in [0.15, 0.2) is 0 Å². The molecule has 2 rings (SSSR count). The number of hydrogen-bond donors (Lipinski definition) is 2. The summed E-state index contributed by atoms with van der Waals surface area (Å²) in [5, 5.41) is 13.9. The topological polar surface area (TPSA) is 32.3 Å². The smallest absolute Gasteiger partial charge is 0.0869 e. The SMILES string of the molecule is CC1(C)CCCCC1NCC1(O)CCSC1. The molecule has 16 heavy (non-hydrogen) atoms. The van der Waals surface area contributed by atoms with Crippen molar-refractivity contribution >= 4 is 11.8 Å². The number of thioether (sulfide) groups is 1. The molecule has 94 valence electrons. The van der Waals surface area contributed by atoms with Crippen molar-refractivity contribution in [2.24, 2.45) is 5.41 Å². The third-order valence-corrected chi connectivity index (χ3v) is 5.50. The average molecular weight is 243 g/mol. The molecule has 2 nitrogen and oxygen atoms in total. The molecule has 1 heterocycles. The van der Waals surface area contributed by atoms with E-state index in [0.29, 0.717) is 11.5 Å². The van der Waals surface area contributed by atoms with Gasteiger partial charge in [-0.3, -0.25) is 0 Å². The Labute approximate surface area is 104 Å². The Bertz CT molecular complexity index is 236. The second-order valence-corrected chi connectivity index (χ2v) is 7.30. The molecule has 0 aromatic rings. The van der Waals surface area contributed by atoms with Crippen molar-refractivity contribution < 1.29 is 5.11 Å². The van der Waals surface area contributed by atoms with Gasteiger partial charge in [-0.1, -0.05) is 26.7 Å². The summed E-state index contributed by atoms with van der Waals surface area (Å²) in [5.41, 5.74) is -0.0292. The summed E-state index contributed by atoms with van der Waals surface area (Å²) in [6, 6.07) is 0.593. The maximum atomic E-state index is 10.3. The summed E-state index contributed by atoms with van der Waals surface area (Å²) in [7, 11) is 0. The lowest BCUT2D eigenvalue weighted by atomic mass is 9.73. The summed E-state index contributed by atoms with van der Waals surface area (Å²) in [5.74, 6) is 2.03. The van der Waals surface area contributed by atoms with E-state index in [0.717, 1.165) is 24.5 Å². The molecule has 0 bridgehead atoms. The molecule has 0 spiro atoms. The lowest BCUT2D eigenvalue weighted by Crippen LogP contribution is -2.50. The van der Waals surface area contributed by atoms with Gasteiger partial charge in [0, 0.05) is 18.3 Å². The molecule has 1 saturated heterocycles. The fraction of sp³-hybridized carbons (Fsp3) is 1.00. The Hall–Kier alpha value is 0.270. The van der Waals surface area contributed by atoms with E-state index in [1.165, 1.54) is 25.7 Å². The largest absolute Gasteiger partial charge is 0.388 e. The minimum absolute atomic E-state index is 0.403. The molecule has 1 aliphatic carbocycles. The van der Waals surface area contributed by atoms with Gasteiger partial charge < -0.3 is 10.4 Å². The van der Waals surface area contributed by atoms with Gasteiger partial charge in [0.15, 0.2) is 0 Å². The van der Waals surface area contributed by atoms with E-state index in [9.17, 15) is 5.11 Å². The number of aliphatic hydroxyl groups is 1. The minimum atomic E-state index is -0.432. The van der Waals surface area contributed by atoms with Crippen LogP contribution >= 0.6 is 11.8 Å². The third kappa shape index (κ3) is 2.93. The van der Waals surface area contributed by atoms with Gasteiger partial charge >= 0.3 is 0 Å². The first kappa shape index (κ1) is 12.7. The van der Waals surface area contributed by atoms with E-state index in [-0.39, 0.29) is 0 Å². The van der Waals surface area contributed by atoms with Crippen LogP contribution in [-0.4, -0.2) is 34.8 Å². The molecular formula is C13H25NOS. The van der Waals surface area contributed by atoms with Crippen molar-refractivity contribution in [3.05, 3.63) is 0 Å². The molecule has 0 amide bonds. The van der Waals surface area contributed by atoms with Crippen molar-refractivity contribution in [1.29, 1.82) is 0 Å². The van der Waals surface area contributed by atoms with Crippen LogP contribution in [0.5, 0.6) is 0 Å². The van der Waals surface area contributed by atoms with Crippen molar-refractivity contribution in [2.75, 3.05) is 18.1 Å². The average Bonchev–Trinajstić information content (AvgIpc) is 2.64. The Morgan fingerprint density at radius 2 is 2.12 bits per heavy atom. The number of hydrogen-bond acceptors (Lipinski definition) is 3. The molecule has 0 aromatic carbocycles. The first-order valence-corrected chi connectivity index (χ1v) is 7.71. The lowest BCUT2D eigenvalue weighted by molar-refractivity contribution is 0.0521. The van der Waals surface area contributed by atoms with E-state index in [1.54, 1.807) is 0 Å².